The predicted octanol–water partition coefficient (Wildman–Crippen LogP) is 3.64. The van der Waals surface area contributed by atoms with Gasteiger partial charge < -0.3 is 10.2 Å². The summed E-state index contributed by atoms with van der Waals surface area (Å²) in [5.74, 6) is 0.810. The molecule has 0 fully saturated rings. The molecular weight excluding hydrogens is 262 g/mol. The number of rotatable bonds is 2. The Balaban J connectivity index is 2.03. The Hall–Kier alpha value is -2.33. The minimum Gasteiger partial charge on any atom is -0.416 e. The lowest BCUT2D eigenvalue weighted by Crippen LogP contribution is -1.84. The van der Waals surface area contributed by atoms with Crippen molar-refractivity contribution < 1.29 is 4.42 Å². The van der Waals surface area contributed by atoms with Gasteiger partial charge in [0.25, 0.3) is 0 Å². The summed E-state index contributed by atoms with van der Waals surface area (Å²) in [5.41, 5.74) is 7.87. The van der Waals surface area contributed by atoms with E-state index in [2.05, 4.69) is 10.2 Å². The Kier molecular flexibility index (Phi) is 2.93. The largest absolute Gasteiger partial charge is 0.416 e. The van der Waals surface area contributed by atoms with Gasteiger partial charge in [-0.2, -0.15) is 0 Å². The number of halogens is 1. The van der Waals surface area contributed by atoms with Crippen molar-refractivity contribution in [2.75, 3.05) is 5.73 Å². The quantitative estimate of drug-likeness (QED) is 0.723. The molecule has 4 nitrogen and oxygen atoms in total. The molecule has 0 saturated carbocycles. The molecule has 2 N–H and O–H groups in total. The Morgan fingerprint density at radius 3 is 2.53 bits per heavy atom. The highest BCUT2D eigenvalue weighted by molar-refractivity contribution is 6.33. The second-order valence-corrected chi connectivity index (χ2v) is 4.42. The van der Waals surface area contributed by atoms with Crippen LogP contribution >= 0.6 is 11.6 Å². The summed E-state index contributed by atoms with van der Waals surface area (Å²) < 4.78 is 5.63. The maximum atomic E-state index is 6.09. The lowest BCUT2D eigenvalue weighted by atomic mass is 10.2. The number of anilines is 1. The molecule has 0 aliphatic rings. The van der Waals surface area contributed by atoms with Gasteiger partial charge in [-0.25, -0.2) is 0 Å². The van der Waals surface area contributed by atoms with E-state index in [-0.39, 0.29) is 0 Å². The smallest absolute Gasteiger partial charge is 0.249 e. The third-order valence-electron chi connectivity index (χ3n) is 2.66. The summed E-state index contributed by atoms with van der Waals surface area (Å²) in [4.78, 5) is 0. The van der Waals surface area contributed by atoms with E-state index in [1.54, 1.807) is 18.2 Å². The van der Waals surface area contributed by atoms with Crippen LogP contribution in [-0.2, 0) is 0 Å². The molecule has 0 saturated heterocycles. The van der Waals surface area contributed by atoms with Gasteiger partial charge in [0.15, 0.2) is 0 Å². The zero-order chi connectivity index (χ0) is 13.2. The lowest BCUT2D eigenvalue weighted by Gasteiger charge is -1.98. The van der Waals surface area contributed by atoms with Crippen LogP contribution in [0.3, 0.4) is 0 Å². The molecule has 5 heteroatoms. The standard InChI is InChI=1S/C14H10ClN3O/c15-12-7-2-1-6-11(12)14-18-17-13(19-14)9-4-3-5-10(16)8-9/h1-8H,16H2. The van der Waals surface area contributed by atoms with E-state index in [9.17, 15) is 0 Å². The van der Waals surface area contributed by atoms with Gasteiger partial charge in [-0.15, -0.1) is 10.2 Å². The minimum atomic E-state index is 0.392. The third kappa shape index (κ3) is 2.30. The SMILES string of the molecule is Nc1cccc(-c2nnc(-c3ccccc3Cl)o2)c1. The van der Waals surface area contributed by atoms with Crippen molar-refractivity contribution in [3.63, 3.8) is 0 Å². The van der Waals surface area contributed by atoms with Gasteiger partial charge in [-0.1, -0.05) is 29.8 Å². The highest BCUT2D eigenvalue weighted by atomic mass is 35.5. The van der Waals surface area contributed by atoms with Crippen LogP contribution in [0.2, 0.25) is 5.02 Å². The van der Waals surface area contributed by atoms with Crippen LogP contribution < -0.4 is 5.73 Å². The number of hydrogen-bond acceptors (Lipinski definition) is 4. The summed E-state index contributed by atoms with van der Waals surface area (Å²) in [6.45, 7) is 0. The number of hydrogen-bond donors (Lipinski definition) is 1. The van der Waals surface area contributed by atoms with E-state index in [0.29, 0.717) is 28.1 Å². The van der Waals surface area contributed by atoms with Gasteiger partial charge in [0.05, 0.1) is 10.6 Å². The molecule has 1 aromatic heterocycles. The van der Waals surface area contributed by atoms with Crippen LogP contribution in [0.4, 0.5) is 5.69 Å². The summed E-state index contributed by atoms with van der Waals surface area (Å²) in [5, 5.41) is 8.60. The Morgan fingerprint density at radius 2 is 1.74 bits per heavy atom. The average molecular weight is 272 g/mol. The van der Waals surface area contributed by atoms with Crippen molar-refractivity contribution in [1.29, 1.82) is 0 Å². The molecule has 0 radical (unpaired) electrons. The van der Waals surface area contributed by atoms with Gasteiger partial charge in [0, 0.05) is 11.3 Å². The van der Waals surface area contributed by atoms with Crippen LogP contribution in [0.15, 0.2) is 52.9 Å². The molecular formula is C14H10ClN3O. The lowest BCUT2D eigenvalue weighted by molar-refractivity contribution is 0.584. The van der Waals surface area contributed by atoms with Gasteiger partial charge >= 0.3 is 0 Å². The second kappa shape index (κ2) is 4.74. The Labute approximate surface area is 114 Å². The fourth-order valence-electron chi connectivity index (χ4n) is 1.76. The van der Waals surface area contributed by atoms with E-state index in [0.717, 1.165) is 5.56 Å². The maximum absolute atomic E-state index is 6.09. The maximum Gasteiger partial charge on any atom is 0.249 e. The predicted molar refractivity (Wildman–Crippen MR) is 74.6 cm³/mol. The fraction of sp³-hybridized carbons (Fsp3) is 0. The molecule has 0 aliphatic heterocycles. The molecule has 0 bridgehead atoms. The van der Waals surface area contributed by atoms with Gasteiger partial charge in [0.1, 0.15) is 0 Å². The van der Waals surface area contributed by atoms with Crippen molar-refractivity contribution in [1.82, 2.24) is 10.2 Å². The van der Waals surface area contributed by atoms with Crippen LogP contribution in [0, 0.1) is 0 Å². The monoisotopic (exact) mass is 271 g/mol. The average Bonchev–Trinajstić information content (AvgIpc) is 2.89. The van der Waals surface area contributed by atoms with Crippen molar-refractivity contribution >= 4 is 17.3 Å². The molecule has 1 heterocycles. The number of aromatic nitrogens is 2. The van der Waals surface area contributed by atoms with Gasteiger partial charge in [-0.3, -0.25) is 0 Å². The molecule has 2 aromatic carbocycles. The Bertz CT molecular complexity index is 724. The van der Waals surface area contributed by atoms with E-state index < -0.39 is 0 Å². The van der Waals surface area contributed by atoms with E-state index >= 15 is 0 Å². The fourth-order valence-corrected chi connectivity index (χ4v) is 1.97. The summed E-state index contributed by atoms with van der Waals surface area (Å²) in [6.07, 6.45) is 0. The Morgan fingerprint density at radius 1 is 0.947 bits per heavy atom. The summed E-state index contributed by atoms with van der Waals surface area (Å²) in [6, 6.07) is 14.6. The second-order valence-electron chi connectivity index (χ2n) is 4.02. The molecule has 3 aromatic rings. The zero-order valence-electron chi connectivity index (χ0n) is 9.88. The van der Waals surface area contributed by atoms with Gasteiger partial charge in [0.2, 0.25) is 11.8 Å². The highest BCUT2D eigenvalue weighted by Gasteiger charge is 2.12. The van der Waals surface area contributed by atoms with Crippen LogP contribution in [0.25, 0.3) is 22.9 Å². The number of nitrogens with zero attached hydrogens (tertiary/aromatic N) is 2. The molecule has 0 amide bonds. The number of nitrogen functional groups attached to an aromatic ring is 1. The first-order valence-electron chi connectivity index (χ1n) is 5.68. The normalized spacial score (nSPS) is 10.6. The minimum absolute atomic E-state index is 0.392. The van der Waals surface area contributed by atoms with E-state index in [1.165, 1.54) is 0 Å². The first-order valence-corrected chi connectivity index (χ1v) is 6.06. The van der Waals surface area contributed by atoms with Crippen molar-refractivity contribution in [3.05, 3.63) is 53.6 Å². The molecule has 0 unspecified atom stereocenters. The topological polar surface area (TPSA) is 64.9 Å². The van der Waals surface area contributed by atoms with E-state index in [1.807, 2.05) is 30.3 Å². The first-order chi connectivity index (χ1) is 9.24. The van der Waals surface area contributed by atoms with E-state index in [4.69, 9.17) is 21.8 Å². The molecule has 0 aliphatic carbocycles. The summed E-state index contributed by atoms with van der Waals surface area (Å²) in [7, 11) is 0. The van der Waals surface area contributed by atoms with Crippen LogP contribution in [0.1, 0.15) is 0 Å². The zero-order valence-corrected chi connectivity index (χ0v) is 10.6. The third-order valence-corrected chi connectivity index (χ3v) is 2.99. The van der Waals surface area contributed by atoms with Gasteiger partial charge in [-0.05, 0) is 30.3 Å². The van der Waals surface area contributed by atoms with Crippen LogP contribution in [-0.4, -0.2) is 10.2 Å². The first kappa shape index (κ1) is 11.7. The molecule has 94 valence electrons. The molecule has 0 atom stereocenters. The van der Waals surface area contributed by atoms with Crippen molar-refractivity contribution in [3.8, 4) is 22.9 Å². The molecule has 19 heavy (non-hydrogen) atoms. The van der Waals surface area contributed by atoms with Crippen molar-refractivity contribution in [2.45, 2.75) is 0 Å². The van der Waals surface area contributed by atoms with Crippen LogP contribution in [0.5, 0.6) is 0 Å². The number of benzene rings is 2. The summed E-state index contributed by atoms with van der Waals surface area (Å²) >= 11 is 6.09. The highest BCUT2D eigenvalue weighted by Crippen LogP contribution is 2.29. The number of nitrogens with two attached hydrogens (primary N) is 1. The molecule has 0 spiro atoms. The van der Waals surface area contributed by atoms with Crippen molar-refractivity contribution in [2.24, 2.45) is 0 Å². The molecule has 3 rings (SSSR count).